The molecule has 7 nitrogen and oxygen atoms in total. The molecule has 0 saturated carbocycles. The van der Waals surface area contributed by atoms with E-state index in [0.717, 1.165) is 43.7 Å². The summed E-state index contributed by atoms with van der Waals surface area (Å²) in [6.07, 6.45) is 6.01. The zero-order valence-electron chi connectivity index (χ0n) is 19.2. The average Bonchev–Trinajstić information content (AvgIpc) is 3.21. The van der Waals surface area contributed by atoms with Gasteiger partial charge >= 0.3 is 0 Å². The van der Waals surface area contributed by atoms with Crippen LogP contribution in [0.5, 0.6) is 5.75 Å². The van der Waals surface area contributed by atoms with Crippen LogP contribution in [0.3, 0.4) is 0 Å². The molecule has 0 aliphatic carbocycles. The van der Waals surface area contributed by atoms with E-state index in [4.69, 9.17) is 4.74 Å². The molecule has 2 aliphatic heterocycles. The number of rotatable bonds is 6. The number of methoxy groups -OCH3 is 1. The summed E-state index contributed by atoms with van der Waals surface area (Å²) >= 11 is 0. The van der Waals surface area contributed by atoms with E-state index < -0.39 is 0 Å². The van der Waals surface area contributed by atoms with Crippen LogP contribution >= 0.6 is 0 Å². The molecular weight excluding hydrogens is 404 g/mol. The van der Waals surface area contributed by atoms with Crippen molar-refractivity contribution in [2.75, 3.05) is 50.1 Å². The summed E-state index contributed by atoms with van der Waals surface area (Å²) in [5.41, 5.74) is 3.01. The van der Waals surface area contributed by atoms with Crippen LogP contribution in [-0.4, -0.2) is 62.0 Å². The monoisotopic (exact) mass is 436 g/mol. The molecule has 3 heterocycles. The first-order chi connectivity index (χ1) is 15.5. The number of aryl methyl sites for hydroxylation is 1. The van der Waals surface area contributed by atoms with Crippen molar-refractivity contribution >= 4 is 23.2 Å². The minimum absolute atomic E-state index is 0.0219. The molecule has 2 amide bonds. The van der Waals surface area contributed by atoms with Crippen molar-refractivity contribution in [1.82, 2.24) is 9.88 Å². The topological polar surface area (TPSA) is 66.0 Å². The van der Waals surface area contributed by atoms with Gasteiger partial charge in [0.25, 0.3) is 0 Å². The second kappa shape index (κ2) is 9.59. The third-order valence-corrected chi connectivity index (χ3v) is 6.65. The maximum absolute atomic E-state index is 13.1. The number of anilines is 2. The average molecular weight is 437 g/mol. The van der Waals surface area contributed by atoms with E-state index in [1.54, 1.807) is 12.0 Å². The van der Waals surface area contributed by atoms with Crippen molar-refractivity contribution in [2.24, 2.45) is 11.8 Å². The van der Waals surface area contributed by atoms with E-state index in [-0.39, 0.29) is 24.2 Å². The van der Waals surface area contributed by atoms with E-state index in [1.165, 1.54) is 5.69 Å². The van der Waals surface area contributed by atoms with Gasteiger partial charge in [0.2, 0.25) is 11.8 Å². The molecule has 0 N–H and O–H groups in total. The van der Waals surface area contributed by atoms with Gasteiger partial charge in [-0.15, -0.1) is 0 Å². The number of aromatic nitrogens is 1. The van der Waals surface area contributed by atoms with E-state index in [2.05, 4.69) is 9.88 Å². The fourth-order valence-electron chi connectivity index (χ4n) is 4.83. The van der Waals surface area contributed by atoms with Gasteiger partial charge in [-0.1, -0.05) is 6.07 Å². The predicted molar refractivity (Wildman–Crippen MR) is 125 cm³/mol. The number of pyridine rings is 1. The third-order valence-electron chi connectivity index (χ3n) is 6.65. The first-order valence-electron chi connectivity index (χ1n) is 11.3. The van der Waals surface area contributed by atoms with Gasteiger partial charge in [-0.25, -0.2) is 0 Å². The molecule has 0 unspecified atom stereocenters. The van der Waals surface area contributed by atoms with Gasteiger partial charge in [-0.05, 0) is 55.5 Å². The van der Waals surface area contributed by atoms with E-state index in [1.807, 2.05) is 61.6 Å². The van der Waals surface area contributed by atoms with Crippen LogP contribution < -0.4 is 14.5 Å². The van der Waals surface area contributed by atoms with Gasteiger partial charge < -0.3 is 19.4 Å². The Labute approximate surface area is 190 Å². The standard InChI is InChI=1S/C25H32N4O3/c1-18-4-5-23(32-3)22(14-18)29-17-20(15-24(29)30)25(31)27(2)16-19-8-12-28(13-9-19)21-6-10-26-11-7-21/h4-7,10-11,14,19-20H,8-9,12-13,15-17H2,1-3H3/t20-/m0/s1. The SMILES string of the molecule is COc1ccc(C)cc1N1C[C@@H](C(=O)N(C)CC2CCN(c3ccncc3)CC2)CC1=O. The van der Waals surface area contributed by atoms with Crippen molar-refractivity contribution in [2.45, 2.75) is 26.2 Å². The first-order valence-corrected chi connectivity index (χ1v) is 11.3. The molecule has 32 heavy (non-hydrogen) atoms. The number of ether oxygens (including phenoxy) is 1. The lowest BCUT2D eigenvalue weighted by Gasteiger charge is -2.35. The summed E-state index contributed by atoms with van der Waals surface area (Å²) in [5.74, 6) is 0.864. The van der Waals surface area contributed by atoms with Gasteiger partial charge in [0.15, 0.2) is 0 Å². The molecule has 4 rings (SSSR count). The number of piperidine rings is 1. The van der Waals surface area contributed by atoms with Crippen LogP contribution in [0.4, 0.5) is 11.4 Å². The Balaban J connectivity index is 1.33. The smallest absolute Gasteiger partial charge is 0.227 e. The van der Waals surface area contributed by atoms with Crippen molar-refractivity contribution in [3.8, 4) is 5.75 Å². The van der Waals surface area contributed by atoms with Gasteiger partial charge in [-0.3, -0.25) is 14.6 Å². The highest BCUT2D eigenvalue weighted by molar-refractivity contribution is 6.01. The molecule has 2 saturated heterocycles. The summed E-state index contributed by atoms with van der Waals surface area (Å²) in [5, 5.41) is 0. The number of nitrogens with zero attached hydrogens (tertiary/aromatic N) is 4. The summed E-state index contributed by atoms with van der Waals surface area (Å²) in [6.45, 7) is 5.10. The second-order valence-electron chi connectivity index (χ2n) is 8.94. The maximum atomic E-state index is 13.1. The summed E-state index contributed by atoms with van der Waals surface area (Å²) in [6, 6.07) is 9.87. The van der Waals surface area contributed by atoms with Crippen molar-refractivity contribution < 1.29 is 14.3 Å². The van der Waals surface area contributed by atoms with Crippen molar-refractivity contribution in [1.29, 1.82) is 0 Å². The number of carbonyl (C=O) groups excluding carboxylic acids is 2. The van der Waals surface area contributed by atoms with Crippen LogP contribution in [0, 0.1) is 18.8 Å². The molecule has 1 aromatic heterocycles. The van der Waals surface area contributed by atoms with Gasteiger partial charge in [-0.2, -0.15) is 0 Å². The van der Waals surface area contributed by atoms with Gasteiger partial charge in [0.05, 0.1) is 18.7 Å². The van der Waals surface area contributed by atoms with Crippen LogP contribution in [0.2, 0.25) is 0 Å². The number of amides is 2. The predicted octanol–water partition coefficient (Wildman–Crippen LogP) is 3.13. The first kappa shape index (κ1) is 22.1. The molecule has 170 valence electrons. The maximum Gasteiger partial charge on any atom is 0.227 e. The zero-order chi connectivity index (χ0) is 22.7. The van der Waals surface area contributed by atoms with Crippen LogP contribution in [0.25, 0.3) is 0 Å². The summed E-state index contributed by atoms with van der Waals surface area (Å²) < 4.78 is 5.45. The molecule has 0 bridgehead atoms. The Hall–Kier alpha value is -3.09. The molecule has 0 radical (unpaired) electrons. The van der Waals surface area contributed by atoms with Gasteiger partial charge in [0.1, 0.15) is 5.75 Å². The molecule has 1 aromatic carbocycles. The Bertz CT molecular complexity index is 957. The van der Waals surface area contributed by atoms with Crippen LogP contribution in [0.1, 0.15) is 24.8 Å². The van der Waals surface area contributed by atoms with Crippen molar-refractivity contribution in [3.05, 3.63) is 48.3 Å². The van der Waals surface area contributed by atoms with E-state index in [9.17, 15) is 9.59 Å². The van der Waals surface area contributed by atoms with E-state index >= 15 is 0 Å². The molecule has 2 aromatic rings. The largest absolute Gasteiger partial charge is 0.495 e. The fourth-order valence-corrected chi connectivity index (χ4v) is 4.83. The number of carbonyl (C=O) groups is 2. The molecule has 7 heteroatoms. The quantitative estimate of drug-likeness (QED) is 0.696. The number of benzene rings is 1. The molecular formula is C25H32N4O3. The highest BCUT2D eigenvalue weighted by atomic mass is 16.5. The third kappa shape index (κ3) is 4.71. The number of hydrogen-bond donors (Lipinski definition) is 0. The van der Waals surface area contributed by atoms with Gasteiger partial charge in [0, 0.05) is 57.7 Å². The highest BCUT2D eigenvalue weighted by Gasteiger charge is 2.38. The van der Waals surface area contributed by atoms with Crippen LogP contribution in [0.15, 0.2) is 42.7 Å². The fraction of sp³-hybridized carbons (Fsp3) is 0.480. The Morgan fingerprint density at radius 2 is 1.91 bits per heavy atom. The highest BCUT2D eigenvalue weighted by Crippen LogP contribution is 2.34. The minimum atomic E-state index is -0.311. The lowest BCUT2D eigenvalue weighted by Crippen LogP contribution is -2.41. The van der Waals surface area contributed by atoms with E-state index in [0.29, 0.717) is 18.2 Å². The summed E-state index contributed by atoms with van der Waals surface area (Å²) in [4.78, 5) is 35.9. The Morgan fingerprint density at radius 1 is 1.19 bits per heavy atom. The normalized spacial score (nSPS) is 19.3. The molecule has 2 aliphatic rings. The Morgan fingerprint density at radius 3 is 2.59 bits per heavy atom. The lowest BCUT2D eigenvalue weighted by atomic mass is 9.95. The van der Waals surface area contributed by atoms with Crippen LogP contribution in [-0.2, 0) is 9.59 Å². The zero-order valence-corrected chi connectivity index (χ0v) is 19.2. The molecule has 2 fully saturated rings. The van der Waals surface area contributed by atoms with Crippen molar-refractivity contribution in [3.63, 3.8) is 0 Å². The molecule has 1 atom stereocenters. The Kier molecular flexibility index (Phi) is 6.63. The molecule has 0 spiro atoms. The minimum Gasteiger partial charge on any atom is -0.495 e. The lowest BCUT2D eigenvalue weighted by molar-refractivity contribution is -0.135. The summed E-state index contributed by atoms with van der Waals surface area (Å²) in [7, 11) is 3.48. The second-order valence-corrected chi connectivity index (χ2v) is 8.94. The number of hydrogen-bond acceptors (Lipinski definition) is 5.